The SMILES string of the molecule is CCCCCCC(C)C(=O)[C@](C(=O)C[C@@H](N)CCCCC)(C(=O)OC(C)(C)C)C(N)=C(N)C(=O)OC. The fourth-order valence-electron chi connectivity index (χ4n) is 4.05. The Morgan fingerprint density at radius 3 is 1.89 bits per heavy atom. The van der Waals surface area contributed by atoms with Gasteiger partial charge >= 0.3 is 11.9 Å². The second kappa shape index (κ2) is 15.6. The van der Waals surface area contributed by atoms with Crippen molar-refractivity contribution in [3.63, 3.8) is 0 Å². The summed E-state index contributed by atoms with van der Waals surface area (Å²) in [6.45, 7) is 10.6. The van der Waals surface area contributed by atoms with Gasteiger partial charge in [0.15, 0.2) is 11.6 Å². The third-order valence-electron chi connectivity index (χ3n) is 6.16. The van der Waals surface area contributed by atoms with Gasteiger partial charge in [-0.2, -0.15) is 0 Å². The molecule has 0 aromatic carbocycles. The maximum absolute atomic E-state index is 14.0. The second-order valence-corrected chi connectivity index (χ2v) is 10.6. The number of hydrogen-bond acceptors (Lipinski definition) is 9. The van der Waals surface area contributed by atoms with Crippen LogP contribution in [-0.4, -0.2) is 42.3 Å². The monoisotopic (exact) mass is 511 g/mol. The summed E-state index contributed by atoms with van der Waals surface area (Å²) in [5.74, 6) is -4.50. The average molecular weight is 512 g/mol. The molecule has 0 aromatic heterocycles. The van der Waals surface area contributed by atoms with Crippen molar-refractivity contribution in [3.8, 4) is 0 Å². The number of hydrogen-bond donors (Lipinski definition) is 3. The lowest BCUT2D eigenvalue weighted by molar-refractivity contribution is -0.171. The van der Waals surface area contributed by atoms with Crippen molar-refractivity contribution in [1.82, 2.24) is 0 Å². The number of carbonyl (C=O) groups is 4. The summed E-state index contributed by atoms with van der Waals surface area (Å²) in [6, 6.07) is -0.606. The number of unbranched alkanes of at least 4 members (excludes halogenated alkanes) is 5. The van der Waals surface area contributed by atoms with Gasteiger partial charge in [-0.3, -0.25) is 14.4 Å². The molecule has 0 aliphatic carbocycles. The van der Waals surface area contributed by atoms with Gasteiger partial charge in [-0.25, -0.2) is 4.79 Å². The fraction of sp³-hybridized carbons (Fsp3) is 0.778. The lowest BCUT2D eigenvalue weighted by Gasteiger charge is -2.35. The summed E-state index contributed by atoms with van der Waals surface area (Å²) in [7, 11) is 1.08. The molecule has 0 aliphatic rings. The molecular formula is C27H49N3O6. The number of ketones is 2. The van der Waals surface area contributed by atoms with Gasteiger partial charge < -0.3 is 26.7 Å². The number of rotatable bonds is 17. The summed E-state index contributed by atoms with van der Waals surface area (Å²) >= 11 is 0. The smallest absolute Gasteiger partial charge is 0.355 e. The molecule has 3 atom stereocenters. The third kappa shape index (κ3) is 9.56. The van der Waals surface area contributed by atoms with Gasteiger partial charge in [0, 0.05) is 18.4 Å². The minimum Gasteiger partial charge on any atom is -0.464 e. The van der Waals surface area contributed by atoms with Crippen LogP contribution in [0.3, 0.4) is 0 Å². The summed E-state index contributed by atoms with van der Waals surface area (Å²) in [6.07, 6.45) is 7.02. The highest BCUT2D eigenvalue weighted by Crippen LogP contribution is 2.37. The molecule has 0 fully saturated rings. The first kappa shape index (κ1) is 33.6. The number of Topliss-reactive ketones (excluding diaryl/α,β-unsaturated/α-hetero) is 2. The molecular weight excluding hydrogens is 462 g/mol. The fourth-order valence-corrected chi connectivity index (χ4v) is 4.05. The quantitative estimate of drug-likeness (QED) is 0.114. The van der Waals surface area contributed by atoms with E-state index >= 15 is 0 Å². The number of esters is 2. The van der Waals surface area contributed by atoms with Crippen molar-refractivity contribution in [2.45, 2.75) is 117 Å². The molecule has 36 heavy (non-hydrogen) atoms. The van der Waals surface area contributed by atoms with Crippen LogP contribution in [-0.2, 0) is 28.7 Å². The maximum Gasteiger partial charge on any atom is 0.355 e. The van der Waals surface area contributed by atoms with Crippen molar-refractivity contribution in [2.24, 2.45) is 28.5 Å². The largest absolute Gasteiger partial charge is 0.464 e. The van der Waals surface area contributed by atoms with E-state index in [1.54, 1.807) is 27.7 Å². The summed E-state index contributed by atoms with van der Waals surface area (Å²) in [4.78, 5) is 53.9. The average Bonchev–Trinajstić information content (AvgIpc) is 2.79. The zero-order valence-corrected chi connectivity index (χ0v) is 23.4. The molecule has 0 saturated carbocycles. The Hall–Kier alpha value is -2.42. The highest BCUT2D eigenvalue weighted by Gasteiger charge is 2.59. The van der Waals surface area contributed by atoms with E-state index < -0.39 is 57.9 Å². The van der Waals surface area contributed by atoms with Crippen LogP contribution in [0.25, 0.3) is 0 Å². The van der Waals surface area contributed by atoms with Crippen LogP contribution in [0.4, 0.5) is 0 Å². The van der Waals surface area contributed by atoms with Gasteiger partial charge in [-0.05, 0) is 33.6 Å². The highest BCUT2D eigenvalue weighted by molar-refractivity contribution is 6.26. The van der Waals surface area contributed by atoms with Crippen LogP contribution in [0.5, 0.6) is 0 Å². The van der Waals surface area contributed by atoms with Crippen molar-refractivity contribution in [2.75, 3.05) is 7.11 Å². The molecule has 9 heteroatoms. The van der Waals surface area contributed by atoms with E-state index in [1.165, 1.54) is 0 Å². The van der Waals surface area contributed by atoms with Crippen LogP contribution < -0.4 is 17.2 Å². The van der Waals surface area contributed by atoms with Crippen molar-refractivity contribution >= 4 is 23.5 Å². The predicted molar refractivity (Wildman–Crippen MR) is 140 cm³/mol. The maximum atomic E-state index is 14.0. The minimum atomic E-state index is -2.60. The number of ether oxygens (including phenoxy) is 2. The van der Waals surface area contributed by atoms with E-state index in [4.69, 9.17) is 21.9 Å². The lowest BCUT2D eigenvalue weighted by Crippen LogP contribution is -2.56. The lowest BCUT2D eigenvalue weighted by atomic mass is 9.69. The Labute approximate surface area is 216 Å². The molecule has 0 saturated heterocycles. The van der Waals surface area contributed by atoms with E-state index in [0.717, 1.165) is 52.1 Å². The van der Waals surface area contributed by atoms with Crippen molar-refractivity contribution in [1.29, 1.82) is 0 Å². The molecule has 1 unspecified atom stereocenters. The molecule has 0 aliphatic heterocycles. The van der Waals surface area contributed by atoms with E-state index in [2.05, 4.69) is 11.7 Å². The molecule has 0 radical (unpaired) electrons. The third-order valence-corrected chi connectivity index (χ3v) is 6.16. The van der Waals surface area contributed by atoms with Gasteiger partial charge in [-0.15, -0.1) is 0 Å². The van der Waals surface area contributed by atoms with Gasteiger partial charge in [0.2, 0.25) is 5.41 Å². The van der Waals surface area contributed by atoms with Crippen LogP contribution in [0, 0.1) is 11.3 Å². The minimum absolute atomic E-state index is 0.299. The van der Waals surface area contributed by atoms with Crippen molar-refractivity contribution in [3.05, 3.63) is 11.4 Å². The topological polar surface area (TPSA) is 165 Å². The number of carbonyl (C=O) groups excluding carboxylic acids is 4. The molecule has 9 nitrogen and oxygen atoms in total. The number of methoxy groups -OCH3 is 1. The first-order chi connectivity index (χ1) is 16.7. The molecule has 0 rings (SSSR count). The Kier molecular flexibility index (Phi) is 14.6. The summed E-state index contributed by atoms with van der Waals surface area (Å²) in [5, 5.41) is 0. The molecule has 0 heterocycles. The van der Waals surface area contributed by atoms with Gasteiger partial charge in [0.05, 0.1) is 12.8 Å². The van der Waals surface area contributed by atoms with Crippen LogP contribution in [0.2, 0.25) is 0 Å². The molecule has 6 N–H and O–H groups in total. The zero-order chi connectivity index (χ0) is 28.1. The first-order valence-corrected chi connectivity index (χ1v) is 13.1. The Morgan fingerprint density at radius 1 is 0.861 bits per heavy atom. The highest BCUT2D eigenvalue weighted by atomic mass is 16.6. The standard InChI is InChI=1S/C27H49N3O6/c1-8-10-12-14-15-18(3)23(32)27(25(34)36-26(4,5)6,22(30)21(29)24(33)35-7)20(31)17-19(28)16-13-11-9-2/h18-19H,8-17,28-30H2,1-7H3/t18?,19-,27+/m0/s1. The van der Waals surface area contributed by atoms with Crippen LogP contribution in [0.15, 0.2) is 11.4 Å². The predicted octanol–water partition coefficient (Wildman–Crippen LogP) is 3.66. The van der Waals surface area contributed by atoms with Crippen LogP contribution in [0.1, 0.15) is 106 Å². The number of nitrogens with two attached hydrogens (primary N) is 3. The second-order valence-electron chi connectivity index (χ2n) is 10.6. The van der Waals surface area contributed by atoms with Crippen molar-refractivity contribution < 1.29 is 28.7 Å². The zero-order valence-electron chi connectivity index (χ0n) is 23.4. The normalized spacial score (nSPS) is 15.8. The molecule has 0 aromatic rings. The van der Waals surface area contributed by atoms with Gasteiger partial charge in [-0.1, -0.05) is 65.7 Å². The molecule has 0 bridgehead atoms. The molecule has 208 valence electrons. The Bertz CT molecular complexity index is 787. The van der Waals surface area contributed by atoms with E-state index in [9.17, 15) is 19.2 Å². The van der Waals surface area contributed by atoms with E-state index in [1.807, 2.05) is 6.92 Å². The van der Waals surface area contributed by atoms with E-state index in [0.29, 0.717) is 12.8 Å². The van der Waals surface area contributed by atoms with Gasteiger partial charge in [0.25, 0.3) is 0 Å². The van der Waals surface area contributed by atoms with E-state index in [-0.39, 0.29) is 6.42 Å². The first-order valence-electron chi connectivity index (χ1n) is 13.1. The Balaban J connectivity index is 6.77. The van der Waals surface area contributed by atoms with Crippen LogP contribution >= 0.6 is 0 Å². The Morgan fingerprint density at radius 2 is 1.39 bits per heavy atom. The molecule has 0 amide bonds. The summed E-state index contributed by atoms with van der Waals surface area (Å²) in [5.41, 5.74) is 13.5. The molecule has 0 spiro atoms. The van der Waals surface area contributed by atoms with Gasteiger partial charge in [0.1, 0.15) is 11.3 Å². The summed E-state index contributed by atoms with van der Waals surface area (Å²) < 4.78 is 10.2.